The SMILES string of the molecule is CC1OCCC1N(C)C(=O)c1csc(Br)c1. The van der Waals surface area contributed by atoms with Crippen molar-refractivity contribution in [2.75, 3.05) is 13.7 Å². The molecule has 2 rings (SSSR count). The molecule has 3 nitrogen and oxygen atoms in total. The molecule has 1 saturated heterocycles. The Morgan fingerprint density at radius 2 is 2.44 bits per heavy atom. The van der Waals surface area contributed by atoms with Gasteiger partial charge in [0.05, 0.1) is 21.5 Å². The highest BCUT2D eigenvalue weighted by Gasteiger charge is 2.31. The maximum Gasteiger partial charge on any atom is 0.254 e. The quantitative estimate of drug-likeness (QED) is 0.841. The van der Waals surface area contributed by atoms with Gasteiger partial charge in [-0.05, 0) is 35.3 Å². The van der Waals surface area contributed by atoms with E-state index in [2.05, 4.69) is 15.9 Å². The zero-order chi connectivity index (χ0) is 11.7. The fourth-order valence-corrected chi connectivity index (χ4v) is 3.14. The predicted molar refractivity (Wildman–Crippen MR) is 67.9 cm³/mol. The average molecular weight is 304 g/mol. The second-order valence-electron chi connectivity index (χ2n) is 3.99. The molecular formula is C11H14BrNO2S. The number of nitrogens with zero attached hydrogens (tertiary/aromatic N) is 1. The largest absolute Gasteiger partial charge is 0.376 e. The van der Waals surface area contributed by atoms with E-state index in [4.69, 9.17) is 4.74 Å². The van der Waals surface area contributed by atoms with Crippen LogP contribution < -0.4 is 0 Å². The molecular weight excluding hydrogens is 290 g/mol. The van der Waals surface area contributed by atoms with Crippen LogP contribution in [0.1, 0.15) is 23.7 Å². The molecule has 1 aromatic heterocycles. The first-order valence-electron chi connectivity index (χ1n) is 5.22. The van der Waals surface area contributed by atoms with E-state index in [0.717, 1.165) is 22.4 Å². The number of likely N-dealkylation sites (N-methyl/N-ethyl adjacent to an activating group) is 1. The summed E-state index contributed by atoms with van der Waals surface area (Å²) in [5.41, 5.74) is 0.749. The smallest absolute Gasteiger partial charge is 0.254 e. The van der Waals surface area contributed by atoms with E-state index in [1.54, 1.807) is 4.90 Å². The highest BCUT2D eigenvalue weighted by atomic mass is 79.9. The zero-order valence-electron chi connectivity index (χ0n) is 9.27. The van der Waals surface area contributed by atoms with Gasteiger partial charge in [-0.25, -0.2) is 0 Å². The van der Waals surface area contributed by atoms with Gasteiger partial charge in [-0.1, -0.05) is 0 Å². The summed E-state index contributed by atoms with van der Waals surface area (Å²) in [6.07, 6.45) is 1.06. The average Bonchev–Trinajstić information content (AvgIpc) is 2.85. The first-order chi connectivity index (χ1) is 7.59. The Morgan fingerprint density at radius 1 is 1.69 bits per heavy atom. The summed E-state index contributed by atoms with van der Waals surface area (Å²) < 4.78 is 6.46. The first-order valence-corrected chi connectivity index (χ1v) is 6.89. The third-order valence-electron chi connectivity index (χ3n) is 2.97. The molecule has 0 N–H and O–H groups in total. The summed E-state index contributed by atoms with van der Waals surface area (Å²) in [5.74, 6) is 0.0734. The van der Waals surface area contributed by atoms with E-state index in [-0.39, 0.29) is 18.1 Å². The molecule has 2 atom stereocenters. The van der Waals surface area contributed by atoms with Crippen LogP contribution in [0.3, 0.4) is 0 Å². The topological polar surface area (TPSA) is 29.5 Å². The number of hydrogen-bond donors (Lipinski definition) is 0. The van der Waals surface area contributed by atoms with Crippen LogP contribution in [-0.2, 0) is 4.74 Å². The van der Waals surface area contributed by atoms with E-state index in [1.165, 1.54) is 11.3 Å². The van der Waals surface area contributed by atoms with Gasteiger partial charge in [0.2, 0.25) is 0 Å². The van der Waals surface area contributed by atoms with Gasteiger partial charge >= 0.3 is 0 Å². The van der Waals surface area contributed by atoms with Gasteiger partial charge in [-0.15, -0.1) is 11.3 Å². The van der Waals surface area contributed by atoms with Crippen LogP contribution in [0.25, 0.3) is 0 Å². The van der Waals surface area contributed by atoms with Crippen molar-refractivity contribution in [3.63, 3.8) is 0 Å². The third-order valence-corrected chi connectivity index (χ3v) is 4.47. The van der Waals surface area contributed by atoms with Crippen LogP contribution in [0.15, 0.2) is 15.2 Å². The van der Waals surface area contributed by atoms with Crippen LogP contribution in [0, 0.1) is 0 Å². The molecule has 1 amide bonds. The lowest BCUT2D eigenvalue weighted by atomic mass is 10.1. The second-order valence-corrected chi connectivity index (χ2v) is 6.28. The van der Waals surface area contributed by atoms with Gasteiger partial charge in [0, 0.05) is 19.0 Å². The molecule has 1 aliphatic heterocycles. The van der Waals surface area contributed by atoms with Gasteiger partial charge in [0.25, 0.3) is 5.91 Å². The van der Waals surface area contributed by atoms with Crippen LogP contribution in [0.2, 0.25) is 0 Å². The lowest BCUT2D eigenvalue weighted by Crippen LogP contribution is -2.40. The van der Waals surface area contributed by atoms with Crippen LogP contribution >= 0.6 is 27.3 Å². The molecule has 16 heavy (non-hydrogen) atoms. The van der Waals surface area contributed by atoms with Crippen LogP contribution in [-0.4, -0.2) is 36.6 Å². The molecule has 0 aromatic carbocycles. The maximum atomic E-state index is 12.1. The van der Waals surface area contributed by atoms with Gasteiger partial charge in [-0.3, -0.25) is 4.79 Å². The predicted octanol–water partition coefficient (Wildman–Crippen LogP) is 2.76. The molecule has 1 aliphatic rings. The number of hydrogen-bond acceptors (Lipinski definition) is 3. The lowest BCUT2D eigenvalue weighted by Gasteiger charge is -2.26. The van der Waals surface area contributed by atoms with Crippen LogP contribution in [0.5, 0.6) is 0 Å². The number of carbonyl (C=O) groups excluding carboxylic acids is 1. The molecule has 2 heterocycles. The van der Waals surface area contributed by atoms with Crippen molar-refractivity contribution >= 4 is 33.2 Å². The third kappa shape index (κ3) is 2.31. The van der Waals surface area contributed by atoms with Crippen molar-refractivity contribution in [1.29, 1.82) is 0 Å². The Hall–Kier alpha value is -0.390. The summed E-state index contributed by atoms with van der Waals surface area (Å²) in [6, 6.07) is 2.07. The monoisotopic (exact) mass is 303 g/mol. The minimum atomic E-state index is 0.0734. The van der Waals surface area contributed by atoms with Gasteiger partial charge in [-0.2, -0.15) is 0 Å². The molecule has 1 aromatic rings. The fourth-order valence-electron chi connectivity index (χ4n) is 2.01. The van der Waals surface area contributed by atoms with E-state index < -0.39 is 0 Å². The van der Waals surface area contributed by atoms with Crippen molar-refractivity contribution < 1.29 is 9.53 Å². The molecule has 0 radical (unpaired) electrons. The molecule has 0 spiro atoms. The lowest BCUT2D eigenvalue weighted by molar-refractivity contribution is 0.0575. The highest BCUT2D eigenvalue weighted by molar-refractivity contribution is 9.11. The maximum absolute atomic E-state index is 12.1. The second kappa shape index (κ2) is 4.85. The van der Waals surface area contributed by atoms with Crippen molar-refractivity contribution in [2.45, 2.75) is 25.5 Å². The van der Waals surface area contributed by atoms with E-state index in [0.29, 0.717) is 0 Å². The number of thiophene rings is 1. The molecule has 0 aliphatic carbocycles. The van der Waals surface area contributed by atoms with Gasteiger partial charge in [0.15, 0.2) is 0 Å². The number of carbonyl (C=O) groups is 1. The molecule has 88 valence electrons. The molecule has 0 bridgehead atoms. The molecule has 5 heteroatoms. The summed E-state index contributed by atoms with van der Waals surface area (Å²) in [4.78, 5) is 13.9. The zero-order valence-corrected chi connectivity index (χ0v) is 11.7. The number of amides is 1. The van der Waals surface area contributed by atoms with E-state index >= 15 is 0 Å². The summed E-state index contributed by atoms with van der Waals surface area (Å²) >= 11 is 4.90. The van der Waals surface area contributed by atoms with Crippen molar-refractivity contribution in [3.8, 4) is 0 Å². The Kier molecular flexibility index (Phi) is 3.66. The minimum absolute atomic E-state index is 0.0734. The van der Waals surface area contributed by atoms with E-state index in [1.807, 2.05) is 25.4 Å². The molecule has 2 unspecified atom stereocenters. The Labute approximate surface area is 108 Å². The molecule has 1 fully saturated rings. The number of rotatable bonds is 2. The summed E-state index contributed by atoms with van der Waals surface area (Å²) in [6.45, 7) is 2.77. The Morgan fingerprint density at radius 3 is 2.94 bits per heavy atom. The van der Waals surface area contributed by atoms with Crippen LogP contribution in [0.4, 0.5) is 0 Å². The summed E-state index contributed by atoms with van der Waals surface area (Å²) in [5, 5.41) is 1.88. The fraction of sp³-hybridized carbons (Fsp3) is 0.545. The van der Waals surface area contributed by atoms with Crippen molar-refractivity contribution in [2.24, 2.45) is 0 Å². The van der Waals surface area contributed by atoms with E-state index in [9.17, 15) is 4.79 Å². The highest BCUT2D eigenvalue weighted by Crippen LogP contribution is 2.24. The van der Waals surface area contributed by atoms with Gasteiger partial charge in [0.1, 0.15) is 0 Å². The first kappa shape index (κ1) is 12.1. The number of ether oxygens (including phenoxy) is 1. The Bertz CT molecular complexity index is 393. The van der Waals surface area contributed by atoms with Gasteiger partial charge < -0.3 is 9.64 Å². The minimum Gasteiger partial charge on any atom is -0.376 e. The summed E-state index contributed by atoms with van der Waals surface area (Å²) in [7, 11) is 1.85. The number of halogens is 1. The Balaban J connectivity index is 2.10. The molecule has 0 saturated carbocycles. The van der Waals surface area contributed by atoms with Crippen molar-refractivity contribution in [3.05, 3.63) is 20.8 Å². The van der Waals surface area contributed by atoms with Crippen molar-refractivity contribution in [1.82, 2.24) is 4.90 Å². The standard InChI is InChI=1S/C11H14BrNO2S/c1-7-9(3-4-15-7)13(2)11(14)8-5-10(12)16-6-8/h5-7,9H,3-4H2,1-2H3. The normalized spacial score (nSPS) is 24.7.